The maximum atomic E-state index is 9.28. The van der Waals surface area contributed by atoms with Crippen LogP contribution in [-0.2, 0) is 6.42 Å². The summed E-state index contributed by atoms with van der Waals surface area (Å²) in [6.07, 6.45) is 6.28. The maximum Gasteiger partial charge on any atom is 0.173 e. The average molecular weight is 324 g/mol. The number of anilines is 1. The number of hydrogen-bond acceptors (Lipinski definition) is 2. The van der Waals surface area contributed by atoms with Gasteiger partial charge in [0.25, 0.3) is 0 Å². The van der Waals surface area contributed by atoms with Gasteiger partial charge in [0.15, 0.2) is 5.11 Å². The topological polar surface area (TPSA) is 35.5 Å². The molecule has 0 heterocycles. The van der Waals surface area contributed by atoms with Gasteiger partial charge in [-0.2, -0.15) is 0 Å². The number of nitrogens with one attached hydrogen (secondary N) is 1. The fourth-order valence-corrected chi connectivity index (χ4v) is 2.53. The van der Waals surface area contributed by atoms with E-state index in [4.69, 9.17) is 18.6 Å². The molecule has 0 bridgehead atoms. The van der Waals surface area contributed by atoms with E-state index >= 15 is 0 Å². The minimum absolute atomic E-state index is 0.0566. The van der Waals surface area contributed by atoms with Crippen LogP contribution in [-0.4, -0.2) is 34.8 Å². The maximum absolute atomic E-state index is 9.28. The number of rotatable bonds is 6. The summed E-state index contributed by atoms with van der Waals surface area (Å²) in [7, 11) is 0. The molecular formula is C19H20N2OS. The Balaban J connectivity index is 1.98. The first-order valence-electron chi connectivity index (χ1n) is 7.50. The number of thiocarbonyl (C=S) groups is 1. The lowest BCUT2D eigenvalue weighted by atomic mass is 10.1. The van der Waals surface area contributed by atoms with Crippen LogP contribution in [0.3, 0.4) is 0 Å². The highest BCUT2D eigenvalue weighted by atomic mass is 32.1. The second kappa shape index (κ2) is 8.94. The summed E-state index contributed by atoms with van der Waals surface area (Å²) in [5.74, 6) is 2.60. The molecule has 2 aromatic rings. The molecule has 0 atom stereocenters. The lowest BCUT2D eigenvalue weighted by Gasteiger charge is -2.25. The molecule has 0 radical (unpaired) electrons. The normalized spacial score (nSPS) is 9.91. The molecule has 3 nitrogen and oxygen atoms in total. The van der Waals surface area contributed by atoms with Crippen molar-refractivity contribution in [3.8, 4) is 12.3 Å². The van der Waals surface area contributed by atoms with Gasteiger partial charge in [-0.05, 0) is 42.4 Å². The van der Waals surface area contributed by atoms with Crippen LogP contribution < -0.4 is 5.32 Å². The van der Waals surface area contributed by atoms with E-state index in [1.54, 1.807) is 0 Å². The summed E-state index contributed by atoms with van der Waals surface area (Å²) in [6.45, 7) is 1.29. The molecule has 0 aliphatic rings. The Morgan fingerprint density at radius 3 is 2.61 bits per heavy atom. The van der Waals surface area contributed by atoms with Crippen LogP contribution in [0.25, 0.3) is 0 Å². The molecule has 0 saturated carbocycles. The quantitative estimate of drug-likeness (QED) is 0.633. The molecule has 118 valence electrons. The molecule has 0 aliphatic heterocycles. The number of aliphatic hydroxyl groups excluding tert-OH is 1. The number of hydrogen-bond donors (Lipinski definition) is 2. The van der Waals surface area contributed by atoms with E-state index in [2.05, 4.69) is 23.4 Å². The van der Waals surface area contributed by atoms with Crippen LogP contribution in [0.15, 0.2) is 54.6 Å². The molecule has 0 fully saturated rings. The van der Waals surface area contributed by atoms with Gasteiger partial charge >= 0.3 is 0 Å². The predicted molar refractivity (Wildman–Crippen MR) is 99.4 cm³/mol. The van der Waals surface area contributed by atoms with E-state index in [1.165, 1.54) is 5.56 Å². The molecule has 0 amide bonds. The first kappa shape index (κ1) is 17.0. The Morgan fingerprint density at radius 2 is 1.91 bits per heavy atom. The van der Waals surface area contributed by atoms with Crippen molar-refractivity contribution in [2.24, 2.45) is 0 Å². The molecular weight excluding hydrogens is 304 g/mol. The van der Waals surface area contributed by atoms with Crippen molar-refractivity contribution in [2.45, 2.75) is 6.42 Å². The third kappa shape index (κ3) is 5.41. The number of terminal acetylenes is 1. The monoisotopic (exact) mass is 324 g/mol. The Hall–Kier alpha value is -2.35. The van der Waals surface area contributed by atoms with Crippen LogP contribution in [0, 0.1) is 12.3 Å². The Bertz CT molecular complexity index is 679. The molecule has 23 heavy (non-hydrogen) atoms. The highest BCUT2D eigenvalue weighted by Gasteiger charge is 2.09. The smallest absolute Gasteiger partial charge is 0.173 e. The fourth-order valence-electron chi connectivity index (χ4n) is 2.23. The molecule has 0 unspecified atom stereocenters. The van der Waals surface area contributed by atoms with Crippen molar-refractivity contribution in [1.29, 1.82) is 0 Å². The van der Waals surface area contributed by atoms with E-state index < -0.39 is 0 Å². The summed E-state index contributed by atoms with van der Waals surface area (Å²) in [5.41, 5.74) is 2.90. The zero-order valence-corrected chi connectivity index (χ0v) is 13.7. The Labute approximate surface area is 143 Å². The van der Waals surface area contributed by atoms with E-state index in [0.717, 1.165) is 24.2 Å². The largest absolute Gasteiger partial charge is 0.395 e. The van der Waals surface area contributed by atoms with E-state index in [-0.39, 0.29) is 6.61 Å². The van der Waals surface area contributed by atoms with Gasteiger partial charge in [0.2, 0.25) is 0 Å². The van der Waals surface area contributed by atoms with Crippen molar-refractivity contribution in [1.82, 2.24) is 4.90 Å². The van der Waals surface area contributed by atoms with Crippen molar-refractivity contribution in [2.75, 3.05) is 25.0 Å². The van der Waals surface area contributed by atoms with Crippen molar-refractivity contribution in [3.05, 3.63) is 65.7 Å². The predicted octanol–water partition coefficient (Wildman–Crippen LogP) is 2.90. The molecule has 0 spiro atoms. The van der Waals surface area contributed by atoms with E-state index in [9.17, 15) is 5.11 Å². The van der Waals surface area contributed by atoms with Crippen molar-refractivity contribution in [3.63, 3.8) is 0 Å². The summed E-state index contributed by atoms with van der Waals surface area (Å²) in [4.78, 5) is 1.96. The van der Waals surface area contributed by atoms with Crippen LogP contribution in [0.4, 0.5) is 5.69 Å². The van der Waals surface area contributed by atoms with Crippen LogP contribution in [0.5, 0.6) is 0 Å². The molecule has 0 aliphatic carbocycles. The van der Waals surface area contributed by atoms with Gasteiger partial charge < -0.3 is 15.3 Å². The zero-order valence-electron chi connectivity index (χ0n) is 12.9. The fraction of sp³-hybridized carbons (Fsp3) is 0.211. The van der Waals surface area contributed by atoms with Crippen LogP contribution >= 0.6 is 12.2 Å². The first-order valence-corrected chi connectivity index (χ1v) is 7.91. The summed E-state index contributed by atoms with van der Waals surface area (Å²) < 4.78 is 0. The minimum atomic E-state index is 0.0566. The summed E-state index contributed by atoms with van der Waals surface area (Å²) in [5, 5.41) is 13.1. The van der Waals surface area contributed by atoms with Gasteiger partial charge in [-0.25, -0.2) is 0 Å². The minimum Gasteiger partial charge on any atom is -0.395 e. The first-order chi connectivity index (χ1) is 11.2. The number of aliphatic hydroxyl groups is 1. The Kier molecular flexibility index (Phi) is 6.61. The zero-order chi connectivity index (χ0) is 16.5. The van der Waals surface area contributed by atoms with Crippen molar-refractivity contribution >= 4 is 23.0 Å². The van der Waals surface area contributed by atoms with Gasteiger partial charge in [0, 0.05) is 24.3 Å². The highest BCUT2D eigenvalue weighted by molar-refractivity contribution is 7.80. The lowest BCUT2D eigenvalue weighted by molar-refractivity contribution is 0.251. The standard InChI is InChI=1S/C19H20N2OS/c1-2-16-9-6-10-18(15-16)20-19(23)21(13-14-22)12-11-17-7-4-3-5-8-17/h1,3-10,15,22H,11-14H2,(H,20,23). The Morgan fingerprint density at radius 1 is 1.13 bits per heavy atom. The second-order valence-electron chi connectivity index (χ2n) is 5.10. The SMILES string of the molecule is C#Cc1cccc(NC(=S)N(CCO)CCc2ccccc2)c1. The van der Waals surface area contributed by atoms with Gasteiger partial charge in [0.1, 0.15) is 0 Å². The highest BCUT2D eigenvalue weighted by Crippen LogP contribution is 2.11. The van der Waals surface area contributed by atoms with Gasteiger partial charge in [-0.3, -0.25) is 0 Å². The van der Waals surface area contributed by atoms with E-state index in [0.29, 0.717) is 11.7 Å². The third-order valence-electron chi connectivity index (χ3n) is 3.45. The summed E-state index contributed by atoms with van der Waals surface area (Å²) in [6, 6.07) is 17.8. The van der Waals surface area contributed by atoms with Gasteiger partial charge in [-0.15, -0.1) is 6.42 Å². The molecule has 0 aromatic heterocycles. The number of benzene rings is 2. The lowest BCUT2D eigenvalue weighted by Crippen LogP contribution is -2.38. The molecule has 4 heteroatoms. The van der Waals surface area contributed by atoms with E-state index in [1.807, 2.05) is 47.4 Å². The third-order valence-corrected chi connectivity index (χ3v) is 3.81. The average Bonchev–Trinajstić information content (AvgIpc) is 2.59. The van der Waals surface area contributed by atoms with Crippen molar-refractivity contribution < 1.29 is 5.11 Å². The molecule has 2 N–H and O–H groups in total. The van der Waals surface area contributed by atoms with Crippen LogP contribution in [0.1, 0.15) is 11.1 Å². The van der Waals surface area contributed by atoms with Gasteiger partial charge in [-0.1, -0.05) is 42.3 Å². The molecule has 2 aromatic carbocycles. The summed E-state index contributed by atoms with van der Waals surface area (Å²) >= 11 is 5.47. The van der Waals surface area contributed by atoms with Gasteiger partial charge in [0.05, 0.1) is 6.61 Å². The molecule has 0 saturated heterocycles. The second-order valence-corrected chi connectivity index (χ2v) is 5.49. The number of nitrogens with zero attached hydrogens (tertiary/aromatic N) is 1. The molecule has 2 rings (SSSR count). The van der Waals surface area contributed by atoms with Crippen LogP contribution in [0.2, 0.25) is 0 Å².